The number of allylic oxidation sites excluding steroid dienone is 6. The summed E-state index contributed by atoms with van der Waals surface area (Å²) in [6.07, 6.45) is 13.5. The Balaban J connectivity index is 1.72. The number of rotatable bonds is 3. The van der Waals surface area contributed by atoms with Crippen molar-refractivity contribution < 1.29 is 0 Å². The van der Waals surface area contributed by atoms with Gasteiger partial charge in [0.1, 0.15) is 0 Å². The molecule has 0 aliphatic heterocycles. The summed E-state index contributed by atoms with van der Waals surface area (Å²) >= 11 is 0. The molecular weight excluding hydrogens is 330 g/mol. The second-order valence-electron chi connectivity index (χ2n) is 6.92. The van der Waals surface area contributed by atoms with Crippen LogP contribution in [0, 0.1) is 24.0 Å². The normalized spacial score (nSPS) is 20.7. The van der Waals surface area contributed by atoms with Gasteiger partial charge in [-0.2, -0.15) is 0 Å². The van der Waals surface area contributed by atoms with Crippen LogP contribution in [0.5, 0.6) is 0 Å². The maximum atomic E-state index is 4.57. The van der Waals surface area contributed by atoms with Gasteiger partial charge in [0, 0.05) is 17.2 Å². The first-order valence-corrected chi connectivity index (χ1v) is 9.37. The summed E-state index contributed by atoms with van der Waals surface area (Å²) in [5, 5.41) is 9.13. The van der Waals surface area contributed by atoms with Crippen molar-refractivity contribution >= 4 is 5.70 Å². The topological polar surface area (TPSA) is 30.7 Å². The molecular formula is C24H19N3. The van der Waals surface area contributed by atoms with E-state index in [-0.39, 0.29) is 0 Å². The van der Waals surface area contributed by atoms with Crippen molar-refractivity contribution in [3.63, 3.8) is 0 Å². The summed E-state index contributed by atoms with van der Waals surface area (Å²) < 4.78 is 2.22. The van der Waals surface area contributed by atoms with Gasteiger partial charge < -0.3 is 0 Å². The minimum Gasteiger partial charge on any atom is -0.278 e. The van der Waals surface area contributed by atoms with Gasteiger partial charge in [-0.3, -0.25) is 4.57 Å². The molecule has 2 atom stereocenters. The monoisotopic (exact) mass is 349 g/mol. The van der Waals surface area contributed by atoms with E-state index in [9.17, 15) is 0 Å². The Hall–Kier alpha value is -3.38. The Labute approximate surface area is 159 Å². The molecule has 1 heterocycles. The zero-order valence-corrected chi connectivity index (χ0v) is 14.9. The summed E-state index contributed by atoms with van der Waals surface area (Å²) in [6, 6.07) is 22.3. The van der Waals surface area contributed by atoms with Crippen LogP contribution in [-0.2, 0) is 0 Å². The first kappa shape index (κ1) is 15.8. The summed E-state index contributed by atoms with van der Waals surface area (Å²) in [6.45, 7) is 0. The van der Waals surface area contributed by atoms with Crippen molar-refractivity contribution in [2.24, 2.45) is 11.8 Å². The molecule has 3 aromatic rings. The van der Waals surface area contributed by atoms with E-state index >= 15 is 0 Å². The van der Waals surface area contributed by atoms with Crippen LogP contribution >= 0.6 is 0 Å². The quantitative estimate of drug-likeness (QED) is 0.650. The van der Waals surface area contributed by atoms with E-state index in [0.717, 1.165) is 29.2 Å². The summed E-state index contributed by atoms with van der Waals surface area (Å²) in [4.78, 5) is 0. The van der Waals surface area contributed by atoms with Gasteiger partial charge in [-0.1, -0.05) is 78.9 Å². The van der Waals surface area contributed by atoms with Crippen LogP contribution in [0.2, 0.25) is 0 Å². The van der Waals surface area contributed by atoms with Crippen LogP contribution in [0.4, 0.5) is 0 Å². The first-order chi connectivity index (χ1) is 13.4. The summed E-state index contributed by atoms with van der Waals surface area (Å²) in [5.41, 5.74) is 3.23. The molecule has 3 heteroatoms. The van der Waals surface area contributed by atoms with E-state index in [1.165, 1.54) is 12.1 Å². The van der Waals surface area contributed by atoms with Crippen molar-refractivity contribution in [2.75, 3.05) is 0 Å². The molecule has 2 aliphatic rings. The number of aromatic nitrogens is 3. The largest absolute Gasteiger partial charge is 0.278 e. The third-order valence-corrected chi connectivity index (χ3v) is 5.29. The highest BCUT2D eigenvalue weighted by Crippen LogP contribution is 2.40. The predicted molar refractivity (Wildman–Crippen MR) is 107 cm³/mol. The van der Waals surface area contributed by atoms with Crippen LogP contribution in [-0.4, -0.2) is 14.8 Å². The standard InChI is InChI=1S/C24H19N3/c1-3-11-19(12-4-1)23-25-26-24(20-13-5-2-6-14-20)27(23)22-17-9-15-18-10-7-8-16-21(18)22/h1-5,7-8,10-13,16-18,21H,9,15H2. The molecule has 0 radical (unpaired) electrons. The summed E-state index contributed by atoms with van der Waals surface area (Å²) in [5.74, 6) is 2.56. The smallest absolute Gasteiger partial charge is 0.177 e. The lowest BCUT2D eigenvalue weighted by molar-refractivity contribution is 0.491. The Morgan fingerprint density at radius 1 is 0.926 bits per heavy atom. The molecule has 130 valence electrons. The molecule has 0 saturated heterocycles. The molecule has 27 heavy (non-hydrogen) atoms. The molecule has 0 bridgehead atoms. The van der Waals surface area contributed by atoms with Gasteiger partial charge in [0.2, 0.25) is 0 Å². The number of nitrogens with zero attached hydrogens (tertiary/aromatic N) is 3. The lowest BCUT2D eigenvalue weighted by Crippen LogP contribution is -2.22. The number of hydrogen-bond donors (Lipinski definition) is 0. The molecule has 0 fully saturated rings. The van der Waals surface area contributed by atoms with Gasteiger partial charge in [-0.25, -0.2) is 0 Å². The minimum absolute atomic E-state index is 0.341. The van der Waals surface area contributed by atoms with E-state index in [1.807, 2.05) is 36.4 Å². The Kier molecular flexibility index (Phi) is 3.95. The Bertz CT molecular complexity index is 969. The van der Waals surface area contributed by atoms with Gasteiger partial charge in [-0.15, -0.1) is 10.2 Å². The second-order valence-corrected chi connectivity index (χ2v) is 6.92. The predicted octanol–water partition coefficient (Wildman–Crippen LogP) is 5.21. The van der Waals surface area contributed by atoms with Crippen LogP contribution in [0.15, 0.2) is 78.9 Å². The highest BCUT2D eigenvalue weighted by molar-refractivity contribution is 5.71. The van der Waals surface area contributed by atoms with Crippen molar-refractivity contribution in [3.8, 4) is 22.8 Å². The van der Waals surface area contributed by atoms with Crippen LogP contribution in [0.25, 0.3) is 28.5 Å². The van der Waals surface area contributed by atoms with Crippen molar-refractivity contribution in [1.82, 2.24) is 14.8 Å². The van der Waals surface area contributed by atoms with Crippen molar-refractivity contribution in [1.29, 1.82) is 0 Å². The molecule has 2 aromatic carbocycles. The second kappa shape index (κ2) is 6.74. The molecule has 0 amide bonds. The molecule has 2 unspecified atom stereocenters. The van der Waals surface area contributed by atoms with Crippen LogP contribution < -0.4 is 0 Å². The highest BCUT2D eigenvalue weighted by atomic mass is 15.3. The zero-order chi connectivity index (χ0) is 18.1. The van der Waals surface area contributed by atoms with Gasteiger partial charge >= 0.3 is 0 Å². The lowest BCUT2D eigenvalue weighted by Gasteiger charge is -2.31. The molecule has 3 nitrogen and oxygen atoms in total. The fourth-order valence-corrected chi connectivity index (χ4v) is 4.01. The molecule has 0 saturated carbocycles. The van der Waals surface area contributed by atoms with Gasteiger partial charge in [-0.05, 0) is 30.9 Å². The van der Waals surface area contributed by atoms with Crippen LogP contribution in [0.1, 0.15) is 12.8 Å². The average Bonchev–Trinajstić information content (AvgIpc) is 3.19. The first-order valence-electron chi connectivity index (χ1n) is 9.37. The highest BCUT2D eigenvalue weighted by Gasteiger charge is 2.30. The summed E-state index contributed by atoms with van der Waals surface area (Å²) in [7, 11) is 0. The molecule has 1 aromatic heterocycles. The molecule has 5 rings (SSSR count). The fraction of sp³-hybridized carbons (Fsp3) is 0.167. The van der Waals surface area contributed by atoms with Crippen LogP contribution in [0.3, 0.4) is 0 Å². The minimum atomic E-state index is 0.341. The van der Waals surface area contributed by atoms with Gasteiger partial charge in [0.05, 0.1) is 5.56 Å². The number of benzene rings is 1. The average molecular weight is 349 g/mol. The van der Waals surface area contributed by atoms with Crippen molar-refractivity contribution in [3.05, 3.63) is 91.0 Å². The van der Waals surface area contributed by atoms with Gasteiger partial charge in [0.25, 0.3) is 0 Å². The molecule has 0 N–H and O–H groups in total. The van der Waals surface area contributed by atoms with E-state index in [1.54, 1.807) is 0 Å². The number of hydrogen-bond acceptors (Lipinski definition) is 2. The maximum absolute atomic E-state index is 4.57. The Morgan fingerprint density at radius 3 is 2.63 bits per heavy atom. The molecule has 2 aliphatic carbocycles. The van der Waals surface area contributed by atoms with E-state index in [0.29, 0.717) is 11.8 Å². The molecule has 0 spiro atoms. The van der Waals surface area contributed by atoms with E-state index < -0.39 is 0 Å². The Morgan fingerprint density at radius 2 is 1.78 bits per heavy atom. The zero-order valence-electron chi connectivity index (χ0n) is 14.9. The number of fused-ring (bicyclic) bond motifs is 1. The maximum Gasteiger partial charge on any atom is 0.177 e. The third kappa shape index (κ3) is 2.80. The fourth-order valence-electron chi connectivity index (χ4n) is 4.01. The van der Waals surface area contributed by atoms with Crippen molar-refractivity contribution in [2.45, 2.75) is 12.8 Å². The lowest BCUT2D eigenvalue weighted by atomic mass is 9.79. The van der Waals surface area contributed by atoms with E-state index in [2.05, 4.69) is 69.4 Å². The SMILES string of the molecule is c1cccc(-c2nnc(-c3ccccc3)n2C2=CCCC3C=CC=CC23)c#1. The third-order valence-electron chi connectivity index (χ3n) is 5.29. The van der Waals surface area contributed by atoms with Gasteiger partial charge in [0.15, 0.2) is 11.6 Å². The van der Waals surface area contributed by atoms with E-state index in [4.69, 9.17) is 0 Å².